The Kier molecular flexibility index (Phi) is 6.68. The van der Waals surface area contributed by atoms with Crippen molar-refractivity contribution in [3.63, 3.8) is 0 Å². The Hall–Kier alpha value is -1.78. The zero-order valence-electron chi connectivity index (χ0n) is 14.4. The molecule has 125 valence electrons. The first-order valence-electron chi connectivity index (χ1n) is 7.76. The zero-order valence-corrected chi connectivity index (χ0v) is 17.3. The van der Waals surface area contributed by atoms with E-state index in [0.717, 1.165) is 16.5 Å². The average molecular weight is 409 g/mol. The number of ketones is 1. The summed E-state index contributed by atoms with van der Waals surface area (Å²) in [4.78, 5) is 15.7. The number of carbonyl (C=O) groups excluding carboxylic acids is 1. The number of benzene rings is 2. The molecule has 0 spiro atoms. The Labute approximate surface area is 172 Å². The van der Waals surface area contributed by atoms with Crippen LogP contribution in [0, 0.1) is 13.0 Å². The maximum Gasteiger partial charge on any atom is 0.216 e. The van der Waals surface area contributed by atoms with Gasteiger partial charge in [-0.2, -0.15) is 23.8 Å². The molecule has 0 bridgehead atoms. The fraction of sp³-hybridized carbons (Fsp3) is 0.200. The smallest absolute Gasteiger partial charge is 0.216 e. The summed E-state index contributed by atoms with van der Waals surface area (Å²) in [5.41, 5.74) is 1.82. The predicted molar refractivity (Wildman–Crippen MR) is 92.6 cm³/mol. The third-order valence-electron chi connectivity index (χ3n) is 3.66. The van der Waals surface area contributed by atoms with E-state index in [-0.39, 0.29) is 38.5 Å². The third kappa shape index (κ3) is 5.10. The topological polar surface area (TPSA) is 48.4 Å². The molecule has 0 saturated carbocycles. The number of aromatic nitrogens is 1. The van der Waals surface area contributed by atoms with Crippen molar-refractivity contribution in [2.45, 2.75) is 26.9 Å². The van der Waals surface area contributed by atoms with Gasteiger partial charge >= 0.3 is 0 Å². The van der Waals surface area contributed by atoms with E-state index in [9.17, 15) is 4.79 Å². The Morgan fingerprint density at radius 1 is 1.04 bits per heavy atom. The van der Waals surface area contributed by atoms with Crippen molar-refractivity contribution in [3.8, 4) is 17.4 Å². The van der Waals surface area contributed by atoms with Gasteiger partial charge in [-0.25, -0.2) is 4.98 Å². The first kappa shape index (κ1) is 19.5. The molecule has 1 aromatic heterocycles. The molecular formula is C20H18NO3Y-. The van der Waals surface area contributed by atoms with Crippen LogP contribution in [0.25, 0.3) is 10.9 Å². The van der Waals surface area contributed by atoms with Crippen LogP contribution >= 0.6 is 0 Å². The van der Waals surface area contributed by atoms with Crippen molar-refractivity contribution in [1.29, 1.82) is 0 Å². The molecule has 1 heterocycles. The average Bonchev–Trinajstić information content (AvgIpc) is 2.56. The number of ether oxygens (including phenoxy) is 2. The Morgan fingerprint density at radius 2 is 1.68 bits per heavy atom. The van der Waals surface area contributed by atoms with Gasteiger partial charge in [-0.15, -0.1) is 11.5 Å². The largest absolute Gasteiger partial charge is 0.483 e. The maximum absolute atomic E-state index is 11.2. The van der Waals surface area contributed by atoms with Crippen LogP contribution in [0.5, 0.6) is 17.4 Å². The fourth-order valence-electron chi connectivity index (χ4n) is 2.18. The van der Waals surface area contributed by atoms with Gasteiger partial charge in [0.1, 0.15) is 11.5 Å². The summed E-state index contributed by atoms with van der Waals surface area (Å²) >= 11 is 0. The molecule has 3 rings (SSSR count). The fourth-order valence-corrected chi connectivity index (χ4v) is 2.18. The first-order valence-corrected chi connectivity index (χ1v) is 7.76. The van der Waals surface area contributed by atoms with Gasteiger partial charge in [0.25, 0.3) is 0 Å². The van der Waals surface area contributed by atoms with Gasteiger partial charge in [0.05, 0.1) is 0 Å². The van der Waals surface area contributed by atoms with Crippen LogP contribution in [-0.4, -0.2) is 16.9 Å². The van der Waals surface area contributed by atoms with E-state index >= 15 is 0 Å². The van der Waals surface area contributed by atoms with Gasteiger partial charge in [0.15, 0.2) is 11.9 Å². The minimum absolute atomic E-state index is 0. The minimum Gasteiger partial charge on any atom is -0.483 e. The van der Waals surface area contributed by atoms with Crippen molar-refractivity contribution in [2.24, 2.45) is 0 Å². The van der Waals surface area contributed by atoms with Crippen molar-refractivity contribution >= 4 is 16.7 Å². The SMILES string of the molecule is CC(=O)C(C)Oc1ccc(Oc2ccc3ccc(C)[c-]c3n2)cc1.[Y]. The second-order valence-electron chi connectivity index (χ2n) is 5.67. The molecule has 1 atom stereocenters. The van der Waals surface area contributed by atoms with E-state index in [1.54, 1.807) is 31.2 Å². The van der Waals surface area contributed by atoms with Gasteiger partial charge in [-0.1, -0.05) is 6.92 Å². The summed E-state index contributed by atoms with van der Waals surface area (Å²) < 4.78 is 11.3. The number of aryl methyl sites for hydroxylation is 1. The molecule has 1 radical (unpaired) electrons. The summed E-state index contributed by atoms with van der Waals surface area (Å²) in [7, 11) is 0. The van der Waals surface area contributed by atoms with Crippen LogP contribution in [-0.2, 0) is 37.5 Å². The predicted octanol–water partition coefficient (Wildman–Crippen LogP) is 4.49. The standard InChI is InChI=1S/C20H18NO3.Y/c1-13-4-5-16-6-11-20(21-19(16)12-13)24-18-9-7-17(8-10-18)23-15(3)14(2)22;/h4-11,15H,1-3H3;/q-1;. The van der Waals surface area contributed by atoms with Crippen LogP contribution in [0.15, 0.2) is 48.5 Å². The summed E-state index contributed by atoms with van der Waals surface area (Å²) in [5, 5.41) is 1.02. The number of carbonyl (C=O) groups is 1. The van der Waals surface area contributed by atoms with Crippen LogP contribution in [0.3, 0.4) is 0 Å². The number of nitrogens with zero attached hydrogens (tertiary/aromatic N) is 1. The van der Waals surface area contributed by atoms with Crippen LogP contribution in [0.2, 0.25) is 0 Å². The summed E-state index contributed by atoms with van der Waals surface area (Å²) in [6, 6.07) is 18.1. The summed E-state index contributed by atoms with van der Waals surface area (Å²) in [5.74, 6) is 1.77. The minimum atomic E-state index is -0.460. The van der Waals surface area contributed by atoms with Crippen LogP contribution in [0.1, 0.15) is 19.4 Å². The monoisotopic (exact) mass is 409 g/mol. The molecule has 2 aromatic carbocycles. The second kappa shape index (κ2) is 8.55. The van der Waals surface area contributed by atoms with Crippen molar-refractivity contribution < 1.29 is 47.0 Å². The second-order valence-corrected chi connectivity index (χ2v) is 5.67. The summed E-state index contributed by atoms with van der Waals surface area (Å²) in [6.07, 6.45) is -0.460. The third-order valence-corrected chi connectivity index (χ3v) is 3.66. The number of rotatable bonds is 5. The first-order chi connectivity index (χ1) is 11.5. The molecule has 3 aromatic rings. The Morgan fingerprint density at radius 3 is 2.36 bits per heavy atom. The Balaban J connectivity index is 0.00000225. The molecule has 0 amide bonds. The van der Waals surface area contributed by atoms with E-state index in [1.165, 1.54) is 6.92 Å². The molecule has 0 fully saturated rings. The molecule has 0 saturated heterocycles. The van der Waals surface area contributed by atoms with Gasteiger partial charge in [-0.3, -0.25) is 4.79 Å². The number of Topliss-reactive ketones (excluding diaryl/α,β-unsaturated/α-hetero) is 1. The van der Waals surface area contributed by atoms with Crippen LogP contribution < -0.4 is 9.47 Å². The normalized spacial score (nSPS) is 11.5. The number of hydrogen-bond acceptors (Lipinski definition) is 4. The molecule has 0 N–H and O–H groups in total. The maximum atomic E-state index is 11.2. The van der Waals surface area contributed by atoms with Gasteiger partial charge in [-0.05, 0) is 49.7 Å². The van der Waals surface area contributed by atoms with Gasteiger partial charge < -0.3 is 9.47 Å². The van der Waals surface area contributed by atoms with E-state index in [4.69, 9.17) is 9.47 Å². The molecular weight excluding hydrogens is 391 g/mol. The van der Waals surface area contributed by atoms with E-state index < -0.39 is 6.10 Å². The molecule has 25 heavy (non-hydrogen) atoms. The number of hydrogen-bond donors (Lipinski definition) is 0. The molecule has 4 nitrogen and oxygen atoms in total. The van der Waals surface area contributed by atoms with E-state index in [1.807, 2.05) is 31.2 Å². The van der Waals surface area contributed by atoms with Gasteiger partial charge in [0, 0.05) is 32.7 Å². The van der Waals surface area contributed by atoms with E-state index in [0.29, 0.717) is 17.4 Å². The zero-order chi connectivity index (χ0) is 17.1. The summed E-state index contributed by atoms with van der Waals surface area (Å²) in [6.45, 7) is 5.21. The van der Waals surface area contributed by atoms with Gasteiger partial charge in [0.2, 0.25) is 5.88 Å². The number of pyridine rings is 1. The van der Waals surface area contributed by atoms with Crippen molar-refractivity contribution in [1.82, 2.24) is 4.98 Å². The Bertz CT molecular complexity index is 878. The van der Waals surface area contributed by atoms with Crippen LogP contribution in [0.4, 0.5) is 0 Å². The van der Waals surface area contributed by atoms with Crippen molar-refractivity contribution in [3.05, 3.63) is 60.2 Å². The molecule has 0 aliphatic carbocycles. The van der Waals surface area contributed by atoms with E-state index in [2.05, 4.69) is 11.1 Å². The molecule has 1 unspecified atom stereocenters. The molecule has 0 aliphatic heterocycles. The molecule has 5 heteroatoms. The molecule has 0 aliphatic rings. The quantitative estimate of drug-likeness (QED) is 0.583. The number of fused-ring (bicyclic) bond motifs is 1. The van der Waals surface area contributed by atoms with Crippen molar-refractivity contribution in [2.75, 3.05) is 0 Å².